The van der Waals surface area contributed by atoms with E-state index in [1.54, 1.807) is 25.6 Å². The van der Waals surface area contributed by atoms with Crippen molar-refractivity contribution in [3.8, 4) is 17.2 Å². The summed E-state index contributed by atoms with van der Waals surface area (Å²) in [6.07, 6.45) is 0.160. The largest absolute Gasteiger partial charge is 0.493 e. The SMILES string of the molecule is COc1cc2c(cc1OC)[C@H](c1cccs1)N(C(=O)[C@@H](C)Oc1ccc(C)cc1)CC2. The Balaban J connectivity index is 1.67. The number of aryl methyl sites for hydroxylation is 1. The van der Waals surface area contributed by atoms with Gasteiger partial charge in [0.05, 0.1) is 20.3 Å². The number of methoxy groups -OCH3 is 2. The summed E-state index contributed by atoms with van der Waals surface area (Å²) >= 11 is 1.65. The first-order valence-electron chi connectivity index (χ1n) is 10.3. The lowest BCUT2D eigenvalue weighted by atomic mass is 9.90. The van der Waals surface area contributed by atoms with Crippen molar-refractivity contribution < 1.29 is 19.0 Å². The fourth-order valence-electron chi connectivity index (χ4n) is 4.04. The first-order valence-corrected chi connectivity index (χ1v) is 11.2. The number of thiophene rings is 1. The van der Waals surface area contributed by atoms with Gasteiger partial charge in [0.25, 0.3) is 5.91 Å². The molecule has 0 saturated heterocycles. The molecule has 162 valence electrons. The lowest BCUT2D eigenvalue weighted by Gasteiger charge is -2.38. The third-order valence-corrected chi connectivity index (χ3v) is 6.58. The standard InChI is InChI=1S/C25H27NO4S/c1-16-7-9-19(10-8-16)30-17(2)25(27)26-12-11-18-14-21(28-3)22(29-4)15-20(18)24(26)23-6-5-13-31-23/h5-10,13-15,17,24H,11-12H2,1-4H3/t17-,24-/m1/s1. The number of carbonyl (C=O) groups excluding carboxylic acids is 1. The summed E-state index contributed by atoms with van der Waals surface area (Å²) in [7, 11) is 3.28. The van der Waals surface area contributed by atoms with Crippen LogP contribution in [0.25, 0.3) is 0 Å². The van der Waals surface area contributed by atoms with Crippen LogP contribution >= 0.6 is 11.3 Å². The fraction of sp³-hybridized carbons (Fsp3) is 0.320. The molecule has 2 heterocycles. The van der Waals surface area contributed by atoms with Gasteiger partial charge in [-0.2, -0.15) is 0 Å². The zero-order chi connectivity index (χ0) is 22.0. The van der Waals surface area contributed by atoms with Crippen LogP contribution in [0.5, 0.6) is 17.2 Å². The molecule has 0 bridgehead atoms. The molecule has 1 aliphatic heterocycles. The molecule has 4 rings (SSSR count). The minimum absolute atomic E-state index is 0.0283. The third kappa shape index (κ3) is 4.26. The van der Waals surface area contributed by atoms with Crippen molar-refractivity contribution in [3.05, 3.63) is 75.5 Å². The molecule has 0 aliphatic carbocycles. The van der Waals surface area contributed by atoms with Crippen LogP contribution in [0.2, 0.25) is 0 Å². The molecular formula is C25H27NO4S. The van der Waals surface area contributed by atoms with E-state index >= 15 is 0 Å². The predicted octanol–water partition coefficient (Wildman–Crippen LogP) is 5.02. The van der Waals surface area contributed by atoms with Crippen LogP contribution in [0.4, 0.5) is 0 Å². The molecule has 0 saturated carbocycles. The van der Waals surface area contributed by atoms with Crippen LogP contribution in [-0.2, 0) is 11.2 Å². The van der Waals surface area contributed by atoms with Gasteiger partial charge in [-0.1, -0.05) is 23.8 Å². The number of fused-ring (bicyclic) bond motifs is 1. The molecule has 0 fully saturated rings. The van der Waals surface area contributed by atoms with Gasteiger partial charge >= 0.3 is 0 Å². The average molecular weight is 438 g/mol. The minimum Gasteiger partial charge on any atom is -0.493 e. The summed E-state index contributed by atoms with van der Waals surface area (Å²) in [5, 5.41) is 2.04. The van der Waals surface area contributed by atoms with Gasteiger partial charge in [0.1, 0.15) is 5.75 Å². The molecule has 3 aromatic rings. The molecule has 6 heteroatoms. The second-order valence-electron chi connectivity index (χ2n) is 7.68. The predicted molar refractivity (Wildman–Crippen MR) is 122 cm³/mol. The number of rotatable bonds is 6. The molecule has 0 unspecified atom stereocenters. The lowest BCUT2D eigenvalue weighted by Crippen LogP contribution is -2.46. The molecule has 1 aliphatic rings. The molecule has 0 N–H and O–H groups in total. The van der Waals surface area contributed by atoms with E-state index in [-0.39, 0.29) is 11.9 Å². The number of nitrogens with zero attached hydrogens (tertiary/aromatic N) is 1. The van der Waals surface area contributed by atoms with E-state index in [1.807, 2.05) is 66.6 Å². The van der Waals surface area contributed by atoms with E-state index in [9.17, 15) is 4.79 Å². The highest BCUT2D eigenvalue weighted by Crippen LogP contribution is 2.42. The van der Waals surface area contributed by atoms with Gasteiger partial charge in [-0.05, 0) is 67.1 Å². The van der Waals surface area contributed by atoms with E-state index in [0.717, 1.165) is 22.4 Å². The Hall–Kier alpha value is -2.99. The maximum atomic E-state index is 13.5. The van der Waals surface area contributed by atoms with E-state index in [2.05, 4.69) is 6.07 Å². The summed E-state index contributed by atoms with van der Waals surface area (Å²) < 4.78 is 17.0. The fourth-order valence-corrected chi connectivity index (χ4v) is 4.90. The highest BCUT2D eigenvalue weighted by molar-refractivity contribution is 7.10. The minimum atomic E-state index is -0.591. The Kier molecular flexibility index (Phi) is 6.18. The number of amides is 1. The van der Waals surface area contributed by atoms with Crippen LogP contribution in [0.3, 0.4) is 0 Å². The molecule has 1 aromatic heterocycles. The maximum absolute atomic E-state index is 13.5. The van der Waals surface area contributed by atoms with Crippen molar-refractivity contribution in [1.29, 1.82) is 0 Å². The second kappa shape index (κ2) is 9.02. The highest BCUT2D eigenvalue weighted by atomic mass is 32.1. The second-order valence-corrected chi connectivity index (χ2v) is 8.66. The quantitative estimate of drug-likeness (QED) is 0.544. The topological polar surface area (TPSA) is 48.0 Å². The van der Waals surface area contributed by atoms with Gasteiger partial charge in [-0.3, -0.25) is 4.79 Å². The maximum Gasteiger partial charge on any atom is 0.264 e. The smallest absolute Gasteiger partial charge is 0.264 e. The van der Waals surface area contributed by atoms with Gasteiger partial charge in [0, 0.05) is 11.4 Å². The Morgan fingerprint density at radius 1 is 1.10 bits per heavy atom. The van der Waals surface area contributed by atoms with Gasteiger partial charge in [0.15, 0.2) is 17.6 Å². The normalized spacial score (nSPS) is 16.4. The highest BCUT2D eigenvalue weighted by Gasteiger charge is 2.36. The van der Waals surface area contributed by atoms with Crippen molar-refractivity contribution in [1.82, 2.24) is 4.90 Å². The van der Waals surface area contributed by atoms with Crippen molar-refractivity contribution in [3.63, 3.8) is 0 Å². The summed E-state index contributed by atoms with van der Waals surface area (Å²) in [5.41, 5.74) is 3.40. The lowest BCUT2D eigenvalue weighted by molar-refractivity contribution is -0.140. The van der Waals surface area contributed by atoms with Gasteiger partial charge < -0.3 is 19.1 Å². The van der Waals surface area contributed by atoms with Crippen LogP contribution in [0.15, 0.2) is 53.9 Å². The third-order valence-electron chi connectivity index (χ3n) is 5.65. The summed E-state index contributed by atoms with van der Waals surface area (Å²) in [6, 6.07) is 15.7. The van der Waals surface area contributed by atoms with Crippen molar-refractivity contribution >= 4 is 17.2 Å². The zero-order valence-electron chi connectivity index (χ0n) is 18.3. The molecule has 31 heavy (non-hydrogen) atoms. The number of benzene rings is 2. The van der Waals surface area contributed by atoms with Crippen LogP contribution in [0.1, 0.15) is 34.5 Å². The van der Waals surface area contributed by atoms with Crippen LogP contribution in [0, 0.1) is 6.92 Å². The molecular weight excluding hydrogens is 410 g/mol. The van der Waals surface area contributed by atoms with Gasteiger partial charge in [-0.25, -0.2) is 0 Å². The average Bonchev–Trinajstić information content (AvgIpc) is 3.32. The summed E-state index contributed by atoms with van der Waals surface area (Å²) in [4.78, 5) is 16.6. The number of carbonyl (C=O) groups is 1. The van der Waals surface area contributed by atoms with Gasteiger partial charge in [0.2, 0.25) is 0 Å². The number of ether oxygens (including phenoxy) is 3. The first-order chi connectivity index (χ1) is 15.0. The Morgan fingerprint density at radius 3 is 2.45 bits per heavy atom. The van der Waals surface area contributed by atoms with E-state index in [1.165, 1.54) is 5.56 Å². The van der Waals surface area contributed by atoms with Crippen molar-refractivity contribution in [2.45, 2.75) is 32.4 Å². The van der Waals surface area contributed by atoms with E-state index in [0.29, 0.717) is 23.8 Å². The Morgan fingerprint density at radius 2 is 1.81 bits per heavy atom. The Labute approximate surface area is 187 Å². The zero-order valence-corrected chi connectivity index (χ0v) is 19.1. The van der Waals surface area contributed by atoms with Crippen molar-refractivity contribution in [2.75, 3.05) is 20.8 Å². The molecule has 2 aromatic carbocycles. The molecule has 1 amide bonds. The molecule has 0 radical (unpaired) electrons. The van der Waals surface area contributed by atoms with E-state index in [4.69, 9.17) is 14.2 Å². The molecule has 0 spiro atoms. The molecule has 2 atom stereocenters. The number of hydrogen-bond donors (Lipinski definition) is 0. The van der Waals surface area contributed by atoms with E-state index < -0.39 is 6.10 Å². The van der Waals surface area contributed by atoms with Crippen LogP contribution < -0.4 is 14.2 Å². The number of hydrogen-bond acceptors (Lipinski definition) is 5. The monoisotopic (exact) mass is 437 g/mol. The summed E-state index contributed by atoms with van der Waals surface area (Å²) in [6.45, 7) is 4.46. The van der Waals surface area contributed by atoms with Crippen LogP contribution in [-0.4, -0.2) is 37.7 Å². The Bertz CT molecular complexity index is 1050. The first kappa shape index (κ1) is 21.2. The molecule has 5 nitrogen and oxygen atoms in total. The van der Waals surface area contributed by atoms with Gasteiger partial charge in [-0.15, -0.1) is 11.3 Å². The van der Waals surface area contributed by atoms with Crippen molar-refractivity contribution in [2.24, 2.45) is 0 Å². The summed E-state index contributed by atoms with van der Waals surface area (Å²) in [5.74, 6) is 2.05.